The molecule has 0 radical (unpaired) electrons. The van der Waals surface area contributed by atoms with E-state index in [1.807, 2.05) is 12.1 Å². The summed E-state index contributed by atoms with van der Waals surface area (Å²) in [4.78, 5) is 12.3. The largest absolute Gasteiger partial charge is 0.444 e. The summed E-state index contributed by atoms with van der Waals surface area (Å²) in [6, 6.07) is 14.7. The zero-order valence-electron chi connectivity index (χ0n) is 18.7. The second-order valence-corrected chi connectivity index (χ2v) is 7.80. The van der Waals surface area contributed by atoms with Crippen LogP contribution < -0.4 is 10.6 Å². The van der Waals surface area contributed by atoms with E-state index >= 15 is 0 Å². The maximum Gasteiger partial charge on any atom is 0.226 e. The van der Waals surface area contributed by atoms with Gasteiger partial charge >= 0.3 is 0 Å². The second kappa shape index (κ2) is 11.2. The first kappa shape index (κ1) is 23.8. The highest BCUT2D eigenvalue weighted by molar-refractivity contribution is 14.0. The van der Waals surface area contributed by atoms with E-state index in [1.165, 1.54) is 27.6 Å². The Hall–Kier alpha value is -2.81. The molecule has 2 aromatic heterocycles. The summed E-state index contributed by atoms with van der Waals surface area (Å²) in [6.45, 7) is 5.71. The molecule has 6 nitrogen and oxygen atoms in total. The van der Waals surface area contributed by atoms with Gasteiger partial charge in [-0.05, 0) is 49.6 Å². The molecule has 3 N–H and O–H groups in total. The number of aliphatic imine (C=N–C) groups is 1. The number of benzene rings is 2. The number of rotatable bonds is 7. The number of hydrogen-bond acceptors (Lipinski definition) is 3. The van der Waals surface area contributed by atoms with Crippen LogP contribution in [0.4, 0.5) is 0 Å². The Kier molecular flexibility index (Phi) is 8.33. The minimum Gasteiger partial charge on any atom is -0.444 e. The molecule has 0 saturated carbocycles. The predicted octanol–water partition coefficient (Wildman–Crippen LogP) is 5.01. The summed E-state index contributed by atoms with van der Waals surface area (Å²) < 4.78 is 5.64. The van der Waals surface area contributed by atoms with Gasteiger partial charge in [-0.2, -0.15) is 0 Å². The molecule has 0 aliphatic carbocycles. The van der Waals surface area contributed by atoms with E-state index in [2.05, 4.69) is 76.0 Å². The lowest BCUT2D eigenvalue weighted by molar-refractivity contribution is 0.572. The van der Waals surface area contributed by atoms with E-state index in [9.17, 15) is 0 Å². The number of oxazole rings is 1. The third-order valence-electron chi connectivity index (χ3n) is 5.36. The van der Waals surface area contributed by atoms with Gasteiger partial charge in [-0.15, -0.1) is 24.0 Å². The fourth-order valence-electron chi connectivity index (χ4n) is 3.60. The average molecular weight is 543 g/mol. The van der Waals surface area contributed by atoms with Crippen LogP contribution in [-0.2, 0) is 12.8 Å². The van der Waals surface area contributed by atoms with Crippen molar-refractivity contribution in [2.45, 2.75) is 26.7 Å². The molecular weight excluding hydrogens is 513 g/mol. The van der Waals surface area contributed by atoms with Crippen LogP contribution in [0.25, 0.3) is 22.4 Å². The second-order valence-electron chi connectivity index (χ2n) is 7.80. The first-order chi connectivity index (χ1) is 15.1. The van der Waals surface area contributed by atoms with Crippen LogP contribution in [0, 0.1) is 13.8 Å². The van der Waals surface area contributed by atoms with Crippen LogP contribution in [0.15, 0.2) is 64.3 Å². The van der Waals surface area contributed by atoms with Gasteiger partial charge in [0.2, 0.25) is 5.89 Å². The summed E-state index contributed by atoms with van der Waals surface area (Å²) >= 11 is 0. The van der Waals surface area contributed by atoms with Gasteiger partial charge in [-0.3, -0.25) is 4.99 Å². The van der Waals surface area contributed by atoms with Crippen molar-refractivity contribution in [2.24, 2.45) is 4.99 Å². The molecular formula is C25H30IN5O. The van der Waals surface area contributed by atoms with Crippen molar-refractivity contribution < 1.29 is 4.42 Å². The SMILES string of the molecule is CN=C(NCCc1coc(-c2ccc(C)cc2)n1)NCCc1c[nH]c2cc(C)ccc12.I. The van der Waals surface area contributed by atoms with Crippen LogP contribution in [0.5, 0.6) is 0 Å². The number of aryl methyl sites for hydroxylation is 2. The molecule has 168 valence electrons. The minimum absolute atomic E-state index is 0. The molecule has 2 aromatic carbocycles. The number of hydrogen-bond donors (Lipinski definition) is 3. The van der Waals surface area contributed by atoms with Gasteiger partial charge in [0.05, 0.1) is 5.69 Å². The Morgan fingerprint density at radius 1 is 1.00 bits per heavy atom. The normalized spacial score (nSPS) is 11.4. The molecule has 0 unspecified atom stereocenters. The fraction of sp³-hybridized carbons (Fsp3) is 0.280. The third-order valence-corrected chi connectivity index (χ3v) is 5.36. The van der Waals surface area contributed by atoms with E-state index in [4.69, 9.17) is 4.42 Å². The van der Waals surface area contributed by atoms with Gasteiger partial charge in [0.1, 0.15) is 6.26 Å². The number of aromatic amines is 1. The Morgan fingerprint density at radius 3 is 2.47 bits per heavy atom. The van der Waals surface area contributed by atoms with E-state index in [0.717, 1.165) is 43.1 Å². The fourth-order valence-corrected chi connectivity index (χ4v) is 3.60. The summed E-state index contributed by atoms with van der Waals surface area (Å²) in [5.41, 5.74) is 6.90. The average Bonchev–Trinajstić information content (AvgIpc) is 3.40. The van der Waals surface area contributed by atoms with Crippen molar-refractivity contribution in [3.05, 3.63) is 77.3 Å². The molecule has 2 heterocycles. The Bertz CT molecular complexity index is 1180. The van der Waals surface area contributed by atoms with Crippen molar-refractivity contribution in [1.29, 1.82) is 0 Å². The number of H-pyrrole nitrogens is 1. The summed E-state index contributed by atoms with van der Waals surface area (Å²) in [6.07, 6.45) is 5.51. The van der Waals surface area contributed by atoms with Gasteiger partial charge in [-0.25, -0.2) is 4.98 Å². The number of nitrogens with zero attached hydrogens (tertiary/aromatic N) is 2. The maximum atomic E-state index is 5.64. The number of nitrogens with one attached hydrogen (secondary N) is 3. The predicted molar refractivity (Wildman–Crippen MR) is 142 cm³/mol. The van der Waals surface area contributed by atoms with Crippen molar-refractivity contribution in [3.8, 4) is 11.5 Å². The third kappa shape index (κ3) is 5.91. The highest BCUT2D eigenvalue weighted by atomic mass is 127. The molecule has 0 fully saturated rings. The molecule has 7 heteroatoms. The lowest BCUT2D eigenvalue weighted by atomic mass is 10.1. The molecule has 0 amide bonds. The number of fused-ring (bicyclic) bond motifs is 1. The lowest BCUT2D eigenvalue weighted by Crippen LogP contribution is -2.39. The van der Waals surface area contributed by atoms with Crippen LogP contribution in [0.2, 0.25) is 0 Å². The minimum atomic E-state index is 0. The monoisotopic (exact) mass is 543 g/mol. The van der Waals surface area contributed by atoms with Crippen LogP contribution in [0.1, 0.15) is 22.4 Å². The van der Waals surface area contributed by atoms with Gasteiger partial charge in [0.15, 0.2) is 5.96 Å². The molecule has 0 saturated heterocycles. The Morgan fingerprint density at radius 2 is 1.72 bits per heavy atom. The highest BCUT2D eigenvalue weighted by Crippen LogP contribution is 2.20. The summed E-state index contributed by atoms with van der Waals surface area (Å²) in [7, 11) is 1.79. The van der Waals surface area contributed by atoms with Crippen molar-refractivity contribution >= 4 is 40.8 Å². The highest BCUT2D eigenvalue weighted by Gasteiger charge is 2.08. The van der Waals surface area contributed by atoms with Gasteiger partial charge in [0.25, 0.3) is 0 Å². The number of guanidine groups is 1. The van der Waals surface area contributed by atoms with Crippen LogP contribution in [0.3, 0.4) is 0 Å². The van der Waals surface area contributed by atoms with Crippen molar-refractivity contribution in [3.63, 3.8) is 0 Å². The first-order valence-corrected chi connectivity index (χ1v) is 10.6. The first-order valence-electron chi connectivity index (χ1n) is 10.6. The molecule has 0 spiro atoms. The zero-order chi connectivity index (χ0) is 21.6. The van der Waals surface area contributed by atoms with E-state index in [1.54, 1.807) is 13.3 Å². The molecule has 0 atom stereocenters. The molecule has 4 aromatic rings. The van der Waals surface area contributed by atoms with E-state index in [0.29, 0.717) is 5.89 Å². The van der Waals surface area contributed by atoms with Gasteiger partial charge in [0, 0.05) is 49.2 Å². The Balaban J connectivity index is 0.00000289. The van der Waals surface area contributed by atoms with Gasteiger partial charge in [-0.1, -0.05) is 29.8 Å². The topological polar surface area (TPSA) is 78.2 Å². The molecule has 32 heavy (non-hydrogen) atoms. The summed E-state index contributed by atoms with van der Waals surface area (Å²) in [5.74, 6) is 1.45. The van der Waals surface area contributed by atoms with Gasteiger partial charge < -0.3 is 20.0 Å². The van der Waals surface area contributed by atoms with Crippen LogP contribution in [-0.4, -0.2) is 36.1 Å². The lowest BCUT2D eigenvalue weighted by Gasteiger charge is -2.11. The van der Waals surface area contributed by atoms with Crippen molar-refractivity contribution in [2.75, 3.05) is 20.1 Å². The van der Waals surface area contributed by atoms with Crippen LogP contribution >= 0.6 is 24.0 Å². The molecule has 4 rings (SSSR count). The molecule has 0 aliphatic rings. The molecule has 0 bridgehead atoms. The number of halogens is 1. The molecule has 0 aliphatic heterocycles. The number of aromatic nitrogens is 2. The van der Waals surface area contributed by atoms with E-state index < -0.39 is 0 Å². The van der Waals surface area contributed by atoms with Crippen molar-refractivity contribution in [1.82, 2.24) is 20.6 Å². The zero-order valence-corrected chi connectivity index (χ0v) is 21.1. The Labute approximate surface area is 206 Å². The summed E-state index contributed by atoms with van der Waals surface area (Å²) in [5, 5.41) is 8.02. The van der Waals surface area contributed by atoms with E-state index in [-0.39, 0.29) is 24.0 Å². The maximum absolute atomic E-state index is 5.64. The quantitative estimate of drug-likeness (QED) is 0.174. The standard InChI is InChI=1S/C25H29N5O.HI/c1-17-4-7-19(8-5-17)24-30-21(16-31-24)11-13-28-25(26-3)27-12-10-20-15-29-23-14-18(2)6-9-22(20)23;/h4-9,14-16,29H,10-13H2,1-3H3,(H2,26,27,28);1H. The smallest absolute Gasteiger partial charge is 0.226 e.